The van der Waals surface area contributed by atoms with E-state index in [0.29, 0.717) is 6.54 Å². The van der Waals surface area contributed by atoms with Crippen molar-refractivity contribution in [2.75, 3.05) is 19.6 Å². The predicted octanol–water partition coefficient (Wildman–Crippen LogP) is 1.91. The van der Waals surface area contributed by atoms with Crippen LogP contribution in [0.25, 0.3) is 0 Å². The molecule has 2 N–H and O–H groups in total. The highest BCUT2D eigenvalue weighted by Crippen LogP contribution is 2.30. The van der Waals surface area contributed by atoms with Crippen molar-refractivity contribution >= 4 is 17.2 Å². The maximum atomic E-state index is 12.3. The normalized spacial score (nSPS) is 23.6. The minimum atomic E-state index is 0.0899. The fourth-order valence-electron chi connectivity index (χ4n) is 2.26. The minimum absolute atomic E-state index is 0.0899. The van der Waals surface area contributed by atoms with Crippen LogP contribution in [0, 0.1) is 5.41 Å². The summed E-state index contributed by atoms with van der Waals surface area (Å²) in [5.41, 5.74) is 5.85. The summed E-state index contributed by atoms with van der Waals surface area (Å²) >= 11 is 1.53. The summed E-state index contributed by atoms with van der Waals surface area (Å²) in [6, 6.07) is 0. The molecule has 2 heterocycles. The molecule has 0 bridgehead atoms. The molecule has 0 aromatic carbocycles. The predicted molar refractivity (Wildman–Crippen MR) is 73.8 cm³/mol. The first-order valence-corrected chi connectivity index (χ1v) is 7.33. The largest absolute Gasteiger partial charge is 0.337 e. The van der Waals surface area contributed by atoms with Crippen LogP contribution in [-0.4, -0.2) is 35.4 Å². The summed E-state index contributed by atoms with van der Waals surface area (Å²) in [5, 5.41) is 1.06. The van der Waals surface area contributed by atoms with Crippen molar-refractivity contribution in [3.8, 4) is 0 Å². The number of amides is 1. The number of likely N-dealkylation sites (tertiary alicyclic amines) is 1. The van der Waals surface area contributed by atoms with E-state index in [0.717, 1.165) is 42.2 Å². The summed E-state index contributed by atoms with van der Waals surface area (Å²) in [7, 11) is 0. The van der Waals surface area contributed by atoms with Crippen molar-refractivity contribution in [3.05, 3.63) is 16.1 Å². The van der Waals surface area contributed by atoms with Gasteiger partial charge in [-0.15, -0.1) is 11.3 Å². The van der Waals surface area contributed by atoms with Gasteiger partial charge in [0, 0.05) is 13.1 Å². The zero-order valence-electron chi connectivity index (χ0n) is 11.1. The number of hydrogen-bond donors (Lipinski definition) is 1. The van der Waals surface area contributed by atoms with Gasteiger partial charge in [0.2, 0.25) is 0 Å². The molecule has 1 aliphatic rings. The van der Waals surface area contributed by atoms with Gasteiger partial charge in [-0.1, -0.05) is 13.8 Å². The Labute approximate surface area is 112 Å². The molecule has 1 atom stereocenters. The van der Waals surface area contributed by atoms with Crippen molar-refractivity contribution in [3.63, 3.8) is 0 Å². The van der Waals surface area contributed by atoms with E-state index in [1.807, 2.05) is 4.90 Å². The number of aryl methyl sites for hydroxylation is 1. The maximum absolute atomic E-state index is 12.3. The number of carbonyl (C=O) groups is 1. The zero-order chi connectivity index (χ0) is 13.2. The summed E-state index contributed by atoms with van der Waals surface area (Å²) in [5.74, 6) is 0.118. The van der Waals surface area contributed by atoms with E-state index in [1.54, 1.807) is 6.20 Å². The van der Waals surface area contributed by atoms with Crippen molar-refractivity contribution in [1.29, 1.82) is 0 Å². The SMILES string of the molecule is CCCc1ncc(C(=O)N2CCC(C)(CN)C2)s1. The van der Waals surface area contributed by atoms with Crippen LogP contribution in [0.5, 0.6) is 0 Å². The molecule has 1 aromatic rings. The topological polar surface area (TPSA) is 59.2 Å². The van der Waals surface area contributed by atoms with E-state index in [1.165, 1.54) is 11.3 Å². The third kappa shape index (κ3) is 2.72. The van der Waals surface area contributed by atoms with Crippen LogP contribution in [0.15, 0.2) is 6.20 Å². The van der Waals surface area contributed by atoms with Gasteiger partial charge in [0.15, 0.2) is 0 Å². The Morgan fingerprint density at radius 1 is 1.67 bits per heavy atom. The van der Waals surface area contributed by atoms with E-state index in [2.05, 4.69) is 18.8 Å². The van der Waals surface area contributed by atoms with E-state index in [9.17, 15) is 4.79 Å². The van der Waals surface area contributed by atoms with Crippen LogP contribution < -0.4 is 5.73 Å². The number of nitrogens with zero attached hydrogens (tertiary/aromatic N) is 2. The lowest BCUT2D eigenvalue weighted by atomic mass is 9.90. The third-order valence-corrected chi connectivity index (χ3v) is 4.61. The monoisotopic (exact) mass is 267 g/mol. The lowest BCUT2D eigenvalue weighted by Gasteiger charge is -2.22. The number of aromatic nitrogens is 1. The van der Waals surface area contributed by atoms with Gasteiger partial charge < -0.3 is 10.6 Å². The van der Waals surface area contributed by atoms with E-state index < -0.39 is 0 Å². The second-order valence-electron chi connectivity index (χ2n) is 5.36. The highest BCUT2D eigenvalue weighted by Gasteiger charge is 2.35. The van der Waals surface area contributed by atoms with Gasteiger partial charge in [-0.2, -0.15) is 0 Å². The van der Waals surface area contributed by atoms with Crippen LogP contribution in [0.3, 0.4) is 0 Å². The molecule has 4 nitrogen and oxygen atoms in total. The maximum Gasteiger partial charge on any atom is 0.265 e. The van der Waals surface area contributed by atoms with Gasteiger partial charge in [-0.25, -0.2) is 4.98 Å². The molecule has 1 saturated heterocycles. The molecule has 2 rings (SSSR count). The van der Waals surface area contributed by atoms with Gasteiger partial charge in [-0.05, 0) is 31.2 Å². The Hall–Kier alpha value is -0.940. The molecule has 1 fully saturated rings. The quantitative estimate of drug-likeness (QED) is 0.906. The Bertz CT molecular complexity index is 432. The molecule has 0 radical (unpaired) electrons. The van der Waals surface area contributed by atoms with Crippen molar-refractivity contribution in [2.24, 2.45) is 11.1 Å². The first-order valence-electron chi connectivity index (χ1n) is 6.52. The summed E-state index contributed by atoms with van der Waals surface area (Å²) in [4.78, 5) is 19.3. The summed E-state index contributed by atoms with van der Waals surface area (Å²) in [6.07, 6.45) is 4.74. The van der Waals surface area contributed by atoms with Crippen molar-refractivity contribution in [1.82, 2.24) is 9.88 Å². The van der Waals surface area contributed by atoms with Gasteiger partial charge in [0.25, 0.3) is 5.91 Å². The number of hydrogen-bond acceptors (Lipinski definition) is 4. The molecule has 1 unspecified atom stereocenters. The highest BCUT2D eigenvalue weighted by atomic mass is 32.1. The fraction of sp³-hybridized carbons (Fsp3) is 0.692. The molecule has 100 valence electrons. The molecule has 5 heteroatoms. The number of nitrogens with two attached hydrogens (primary N) is 1. The van der Waals surface area contributed by atoms with Crippen LogP contribution in [0.1, 0.15) is 41.4 Å². The Kier molecular flexibility index (Phi) is 4.02. The van der Waals surface area contributed by atoms with Gasteiger partial charge >= 0.3 is 0 Å². The van der Waals surface area contributed by atoms with Gasteiger partial charge in [0.1, 0.15) is 4.88 Å². The molecule has 1 aliphatic heterocycles. The molecule has 0 aliphatic carbocycles. The minimum Gasteiger partial charge on any atom is -0.337 e. The van der Waals surface area contributed by atoms with Crippen LogP contribution in [0.2, 0.25) is 0 Å². The highest BCUT2D eigenvalue weighted by molar-refractivity contribution is 7.13. The molecule has 1 aromatic heterocycles. The van der Waals surface area contributed by atoms with Gasteiger partial charge in [0.05, 0.1) is 11.2 Å². The zero-order valence-corrected chi connectivity index (χ0v) is 11.9. The number of rotatable bonds is 4. The van der Waals surface area contributed by atoms with Crippen LogP contribution in [-0.2, 0) is 6.42 Å². The first-order chi connectivity index (χ1) is 8.58. The standard InChI is InChI=1S/C13H21N3OS/c1-3-4-11-15-7-10(18-11)12(17)16-6-5-13(2,8-14)9-16/h7H,3-6,8-9,14H2,1-2H3. The average molecular weight is 267 g/mol. The number of thiazole rings is 1. The third-order valence-electron chi connectivity index (χ3n) is 3.57. The lowest BCUT2D eigenvalue weighted by Crippen LogP contribution is -2.34. The van der Waals surface area contributed by atoms with Crippen LogP contribution in [0.4, 0.5) is 0 Å². The van der Waals surface area contributed by atoms with E-state index >= 15 is 0 Å². The van der Waals surface area contributed by atoms with Gasteiger partial charge in [-0.3, -0.25) is 4.79 Å². The molecule has 0 saturated carbocycles. The molecule has 1 amide bonds. The molecular weight excluding hydrogens is 246 g/mol. The summed E-state index contributed by atoms with van der Waals surface area (Å²) in [6.45, 7) is 6.49. The molecular formula is C13H21N3OS. The Morgan fingerprint density at radius 3 is 3.06 bits per heavy atom. The molecule has 18 heavy (non-hydrogen) atoms. The average Bonchev–Trinajstić information content (AvgIpc) is 2.97. The number of carbonyl (C=O) groups excluding carboxylic acids is 1. The van der Waals surface area contributed by atoms with E-state index in [-0.39, 0.29) is 11.3 Å². The fourth-order valence-corrected chi connectivity index (χ4v) is 3.25. The van der Waals surface area contributed by atoms with E-state index in [4.69, 9.17) is 5.73 Å². The van der Waals surface area contributed by atoms with Crippen molar-refractivity contribution in [2.45, 2.75) is 33.1 Å². The second kappa shape index (κ2) is 5.36. The van der Waals surface area contributed by atoms with Crippen molar-refractivity contribution < 1.29 is 4.79 Å². The first kappa shape index (κ1) is 13.5. The van der Waals surface area contributed by atoms with Crippen LogP contribution >= 0.6 is 11.3 Å². The Balaban J connectivity index is 2.03. The second-order valence-corrected chi connectivity index (χ2v) is 6.47. The smallest absolute Gasteiger partial charge is 0.265 e. The Morgan fingerprint density at radius 2 is 2.44 bits per heavy atom. The summed E-state index contributed by atoms with van der Waals surface area (Å²) < 4.78 is 0. The lowest BCUT2D eigenvalue weighted by molar-refractivity contribution is 0.0781. The molecule has 0 spiro atoms.